The summed E-state index contributed by atoms with van der Waals surface area (Å²) in [5.41, 5.74) is 6.85. The maximum atomic E-state index is 13.8. The van der Waals surface area contributed by atoms with Crippen molar-refractivity contribution in [3.8, 4) is 0 Å². The second kappa shape index (κ2) is 19.7. The van der Waals surface area contributed by atoms with Crippen LogP contribution in [-0.4, -0.2) is 23.3 Å². The van der Waals surface area contributed by atoms with Gasteiger partial charge in [-0.15, -0.1) is 0 Å². The smallest absolute Gasteiger partial charge is 0.134 e. The molecular weight excluding hydrogens is 793 g/mol. The van der Waals surface area contributed by atoms with Gasteiger partial charge in [0.1, 0.15) is 11.2 Å². The molecule has 0 saturated carbocycles. The van der Waals surface area contributed by atoms with Gasteiger partial charge >= 0.3 is 0 Å². The van der Waals surface area contributed by atoms with Gasteiger partial charge in [-0.2, -0.15) is 0 Å². The molecule has 8 aromatic rings. The van der Waals surface area contributed by atoms with Crippen LogP contribution in [0.5, 0.6) is 0 Å². The Morgan fingerprint density at radius 3 is 0.985 bits per heavy atom. The number of fused-ring (bicyclic) bond motifs is 2. The van der Waals surface area contributed by atoms with Crippen molar-refractivity contribution >= 4 is 21.5 Å². The molecule has 0 spiro atoms. The standard InChI is InChI=1S/C61H66N2O2/c1-7-39-59(40-8-2,41-62-57(55-21-13-17-47-15-9-11-19-53(47)55)60(64,49-31-23-43(3)24-32-49)50-33-25-44(4)26-34-50)42-63-58(56-22-14-18-48-16-10-12-20-54(48)56)61(65,51-35-27-45(5)28-36-51)52-37-29-46(6)30-38-52/h9-38,57-58,62-65H,7-8,39-42H2,1-6H3/t57-,58-/m0/s1. The predicted molar refractivity (Wildman–Crippen MR) is 272 cm³/mol. The lowest BCUT2D eigenvalue weighted by molar-refractivity contribution is 0.0218. The van der Waals surface area contributed by atoms with Gasteiger partial charge < -0.3 is 20.8 Å². The highest BCUT2D eigenvalue weighted by atomic mass is 16.3. The molecule has 4 N–H and O–H groups in total. The van der Waals surface area contributed by atoms with Crippen LogP contribution in [0.2, 0.25) is 0 Å². The third-order valence-electron chi connectivity index (χ3n) is 14.0. The average Bonchev–Trinajstić information content (AvgIpc) is 3.32. The second-order valence-electron chi connectivity index (χ2n) is 18.8. The second-order valence-corrected chi connectivity index (χ2v) is 18.8. The third-order valence-corrected chi connectivity index (χ3v) is 14.0. The van der Waals surface area contributed by atoms with Crippen LogP contribution >= 0.6 is 0 Å². The fourth-order valence-corrected chi connectivity index (χ4v) is 10.4. The summed E-state index contributed by atoms with van der Waals surface area (Å²) >= 11 is 0. The summed E-state index contributed by atoms with van der Waals surface area (Å²) < 4.78 is 0. The summed E-state index contributed by atoms with van der Waals surface area (Å²) in [6.07, 6.45) is 3.82. The van der Waals surface area contributed by atoms with E-state index in [0.717, 1.165) is 103 Å². The quantitative estimate of drug-likeness (QED) is 0.0694. The van der Waals surface area contributed by atoms with E-state index in [1.807, 2.05) is 0 Å². The Kier molecular flexibility index (Phi) is 13.8. The molecular formula is C61H66N2O2. The van der Waals surface area contributed by atoms with Crippen LogP contribution in [0.25, 0.3) is 21.5 Å². The van der Waals surface area contributed by atoms with Crippen LogP contribution in [0.4, 0.5) is 0 Å². The van der Waals surface area contributed by atoms with Crippen molar-refractivity contribution in [2.75, 3.05) is 13.1 Å². The number of rotatable bonds is 18. The fourth-order valence-electron chi connectivity index (χ4n) is 10.4. The number of aryl methyl sites for hydroxylation is 4. The monoisotopic (exact) mass is 859 g/mol. The Labute approximate surface area is 387 Å². The molecule has 0 heterocycles. The number of nitrogens with one attached hydrogen (secondary N) is 2. The number of hydrogen-bond donors (Lipinski definition) is 4. The van der Waals surface area contributed by atoms with Crippen molar-refractivity contribution in [2.24, 2.45) is 5.41 Å². The zero-order chi connectivity index (χ0) is 45.6. The Morgan fingerprint density at radius 2 is 0.677 bits per heavy atom. The van der Waals surface area contributed by atoms with Gasteiger partial charge in [0.25, 0.3) is 0 Å². The van der Waals surface area contributed by atoms with Crippen molar-refractivity contribution < 1.29 is 10.2 Å². The van der Waals surface area contributed by atoms with Crippen LogP contribution in [-0.2, 0) is 11.2 Å². The molecule has 65 heavy (non-hydrogen) atoms. The Bertz CT molecular complexity index is 2510. The lowest BCUT2D eigenvalue weighted by atomic mass is 9.73. The van der Waals surface area contributed by atoms with Crippen molar-refractivity contribution in [3.05, 3.63) is 238 Å². The largest absolute Gasteiger partial charge is 0.378 e. The molecule has 0 aliphatic rings. The van der Waals surface area contributed by atoms with Crippen LogP contribution in [0.3, 0.4) is 0 Å². The minimum atomic E-state index is -1.44. The maximum Gasteiger partial charge on any atom is 0.134 e. The first-order valence-corrected chi connectivity index (χ1v) is 23.6. The number of hydrogen-bond acceptors (Lipinski definition) is 4. The predicted octanol–water partition coefficient (Wildman–Crippen LogP) is 13.6. The summed E-state index contributed by atoms with van der Waals surface area (Å²) in [5.74, 6) is 0. The van der Waals surface area contributed by atoms with Gasteiger partial charge in [-0.25, -0.2) is 0 Å². The molecule has 0 aliphatic heterocycles. The van der Waals surface area contributed by atoms with Gasteiger partial charge in [0.2, 0.25) is 0 Å². The van der Waals surface area contributed by atoms with E-state index in [-0.39, 0.29) is 5.41 Å². The summed E-state index contributed by atoms with van der Waals surface area (Å²) in [6, 6.07) is 62.5. The molecule has 0 radical (unpaired) electrons. The minimum absolute atomic E-state index is 0.280. The van der Waals surface area contributed by atoms with Crippen molar-refractivity contribution in [3.63, 3.8) is 0 Å². The zero-order valence-corrected chi connectivity index (χ0v) is 39.1. The molecule has 0 aromatic heterocycles. The third kappa shape index (κ3) is 9.32. The van der Waals surface area contributed by atoms with E-state index in [1.165, 1.54) is 0 Å². The molecule has 332 valence electrons. The van der Waals surface area contributed by atoms with Gasteiger partial charge in [0.15, 0.2) is 0 Å². The van der Waals surface area contributed by atoms with E-state index in [1.54, 1.807) is 0 Å². The highest BCUT2D eigenvalue weighted by molar-refractivity contribution is 5.87. The molecule has 0 bridgehead atoms. The molecule has 2 atom stereocenters. The molecule has 8 rings (SSSR count). The van der Waals surface area contributed by atoms with Gasteiger partial charge in [-0.1, -0.05) is 231 Å². The lowest BCUT2D eigenvalue weighted by Gasteiger charge is -2.44. The first-order chi connectivity index (χ1) is 31.5. The molecule has 0 unspecified atom stereocenters. The van der Waals surface area contributed by atoms with Crippen LogP contribution in [0.1, 0.15) is 107 Å². The molecule has 8 aromatic carbocycles. The molecule has 0 amide bonds. The first kappa shape index (κ1) is 45.7. The first-order valence-electron chi connectivity index (χ1n) is 23.6. The molecule has 0 aliphatic carbocycles. The van der Waals surface area contributed by atoms with Crippen molar-refractivity contribution in [2.45, 2.75) is 90.5 Å². The lowest BCUT2D eigenvalue weighted by Crippen LogP contribution is -2.51. The van der Waals surface area contributed by atoms with Gasteiger partial charge in [-0.3, -0.25) is 0 Å². The summed E-state index contributed by atoms with van der Waals surface area (Å²) in [7, 11) is 0. The SMILES string of the molecule is CCCC(CCC)(CN[C@@H](c1cccc2ccccc12)C(O)(c1ccc(C)cc1)c1ccc(C)cc1)CN[C@@H](c1cccc2ccccc12)C(O)(c1ccc(C)cc1)c1ccc(C)cc1. The van der Waals surface area contributed by atoms with E-state index in [2.05, 4.69) is 234 Å². The fraction of sp³-hybridized carbons (Fsp3) is 0.279. The van der Waals surface area contributed by atoms with Crippen LogP contribution in [0.15, 0.2) is 182 Å². The van der Waals surface area contributed by atoms with Crippen LogP contribution < -0.4 is 10.6 Å². The van der Waals surface area contributed by atoms with Crippen LogP contribution in [0, 0.1) is 33.1 Å². The van der Waals surface area contributed by atoms with E-state index in [0.29, 0.717) is 13.1 Å². The summed E-state index contributed by atoms with van der Waals surface area (Å²) in [4.78, 5) is 0. The minimum Gasteiger partial charge on any atom is -0.378 e. The highest BCUT2D eigenvalue weighted by Gasteiger charge is 2.46. The summed E-state index contributed by atoms with van der Waals surface area (Å²) in [5, 5.41) is 40.4. The van der Waals surface area contributed by atoms with Gasteiger partial charge in [0, 0.05) is 13.1 Å². The molecule has 4 nitrogen and oxygen atoms in total. The van der Waals surface area contributed by atoms with Crippen molar-refractivity contribution in [1.29, 1.82) is 0 Å². The Morgan fingerprint density at radius 1 is 0.385 bits per heavy atom. The molecule has 0 saturated heterocycles. The highest BCUT2D eigenvalue weighted by Crippen LogP contribution is 2.47. The van der Waals surface area contributed by atoms with Crippen molar-refractivity contribution in [1.82, 2.24) is 10.6 Å². The van der Waals surface area contributed by atoms with E-state index < -0.39 is 23.3 Å². The molecule has 4 heteroatoms. The molecule has 0 fully saturated rings. The summed E-state index contributed by atoms with van der Waals surface area (Å²) in [6.45, 7) is 14.2. The zero-order valence-electron chi connectivity index (χ0n) is 39.1. The number of benzene rings is 8. The Balaban J connectivity index is 1.28. The maximum absolute atomic E-state index is 13.8. The normalized spacial score (nSPS) is 13.3. The number of aliphatic hydroxyl groups is 2. The van der Waals surface area contributed by atoms with E-state index in [4.69, 9.17) is 0 Å². The van der Waals surface area contributed by atoms with E-state index in [9.17, 15) is 10.2 Å². The van der Waals surface area contributed by atoms with Gasteiger partial charge in [0.05, 0.1) is 12.1 Å². The average molecular weight is 859 g/mol. The van der Waals surface area contributed by atoms with E-state index >= 15 is 0 Å². The Hall–Kier alpha value is -5.88. The topological polar surface area (TPSA) is 64.5 Å². The van der Waals surface area contributed by atoms with Gasteiger partial charge in [-0.05, 0) is 101 Å².